The minimum atomic E-state index is -4.48. The number of hydrogen-bond acceptors (Lipinski definition) is 4. The Morgan fingerprint density at radius 1 is 1.14 bits per heavy atom. The molecule has 2 heterocycles. The summed E-state index contributed by atoms with van der Waals surface area (Å²) in [4.78, 5) is 5.33. The lowest BCUT2D eigenvalue weighted by Crippen LogP contribution is -2.35. The number of rotatable bonds is 6. The summed E-state index contributed by atoms with van der Waals surface area (Å²) in [5.41, 5.74) is 0.812. The van der Waals surface area contributed by atoms with Gasteiger partial charge in [0.1, 0.15) is 17.2 Å². The number of alkyl halides is 3. The molecule has 0 radical (unpaired) electrons. The summed E-state index contributed by atoms with van der Waals surface area (Å²) in [5, 5.41) is 0. The second-order valence-corrected chi connectivity index (χ2v) is 7.23. The molecule has 1 atom stereocenters. The lowest BCUT2D eigenvalue weighted by atomic mass is 10.0. The van der Waals surface area contributed by atoms with E-state index in [2.05, 4.69) is 4.98 Å². The topological polar surface area (TPSA) is 34.6 Å². The first-order chi connectivity index (χ1) is 13.9. The van der Waals surface area contributed by atoms with Crippen molar-refractivity contribution in [3.05, 3.63) is 72.2 Å². The number of likely N-dealkylation sites (N-methyl/N-ethyl adjacent to an activating group) is 1. The van der Waals surface area contributed by atoms with E-state index in [0.29, 0.717) is 12.5 Å². The van der Waals surface area contributed by atoms with Gasteiger partial charge in [0.05, 0.1) is 12.8 Å². The number of ether oxygens (including phenoxy) is 2. The minimum Gasteiger partial charge on any atom is -0.493 e. The Balaban J connectivity index is 1.58. The van der Waals surface area contributed by atoms with Crippen LogP contribution in [0.1, 0.15) is 24.1 Å². The smallest absolute Gasteiger partial charge is 0.433 e. The van der Waals surface area contributed by atoms with Gasteiger partial charge in [-0.2, -0.15) is 13.2 Å². The molecule has 0 bridgehead atoms. The molecule has 152 valence electrons. The van der Waals surface area contributed by atoms with Gasteiger partial charge >= 0.3 is 6.18 Å². The summed E-state index contributed by atoms with van der Waals surface area (Å²) in [5.74, 6) is 1.65. The van der Waals surface area contributed by atoms with Crippen LogP contribution in [-0.2, 0) is 6.18 Å². The van der Waals surface area contributed by atoms with E-state index in [1.165, 1.54) is 18.9 Å². The highest BCUT2D eigenvalue weighted by Gasteiger charge is 2.32. The summed E-state index contributed by atoms with van der Waals surface area (Å²) in [6.45, 7) is 0.685. The molecule has 4 nitrogen and oxygen atoms in total. The summed E-state index contributed by atoms with van der Waals surface area (Å²) in [7, 11) is 1.85. The summed E-state index contributed by atoms with van der Waals surface area (Å²) >= 11 is 0. The van der Waals surface area contributed by atoms with Gasteiger partial charge in [-0.25, -0.2) is 4.98 Å². The number of hydrogen-bond donors (Lipinski definition) is 0. The zero-order chi connectivity index (χ0) is 20.4. The van der Waals surface area contributed by atoms with Gasteiger partial charge in [-0.3, -0.25) is 0 Å². The Morgan fingerprint density at radius 2 is 1.93 bits per heavy atom. The highest BCUT2D eigenvalue weighted by molar-refractivity contribution is 5.75. The molecule has 0 spiro atoms. The molecule has 2 aromatic rings. The van der Waals surface area contributed by atoms with E-state index in [1.54, 1.807) is 0 Å². The van der Waals surface area contributed by atoms with Crippen molar-refractivity contribution in [3.8, 4) is 11.5 Å². The van der Waals surface area contributed by atoms with E-state index in [4.69, 9.17) is 9.47 Å². The van der Waals surface area contributed by atoms with Crippen molar-refractivity contribution in [2.75, 3.05) is 13.7 Å². The number of nitrogens with zero attached hydrogens (tertiary/aromatic N) is 2. The number of benzene rings is 1. The maximum Gasteiger partial charge on any atom is 0.433 e. The third-order valence-corrected chi connectivity index (χ3v) is 4.88. The van der Waals surface area contributed by atoms with Crippen LogP contribution >= 0.6 is 0 Å². The fourth-order valence-corrected chi connectivity index (χ4v) is 3.10. The fraction of sp³-hybridized carbons (Fsp3) is 0.318. The normalized spacial score (nSPS) is 19.1. The molecule has 1 aromatic carbocycles. The fourth-order valence-electron chi connectivity index (χ4n) is 3.10. The van der Waals surface area contributed by atoms with E-state index < -0.39 is 18.1 Å². The van der Waals surface area contributed by atoms with Gasteiger partial charge in [0.15, 0.2) is 6.23 Å². The highest BCUT2D eigenvalue weighted by Crippen LogP contribution is 2.36. The standard InChI is InChI=1S/C22H21F3N2O2/c1-27-12-4-6-18(17-5-2-3-7-19(17)28-14-15-8-9-15)21(27)29-16-10-11-20(26-13-16)22(23,24)25/h2-7,10-13,15,21H,8-9,14H2,1H3. The first-order valence-electron chi connectivity index (χ1n) is 9.44. The Morgan fingerprint density at radius 3 is 2.62 bits per heavy atom. The molecule has 1 aromatic heterocycles. The number of halogens is 3. The molecule has 2 aliphatic rings. The van der Waals surface area contributed by atoms with Gasteiger partial charge in [0.25, 0.3) is 0 Å². The van der Waals surface area contributed by atoms with Crippen LogP contribution < -0.4 is 9.47 Å². The van der Waals surface area contributed by atoms with Crippen LogP contribution in [0.3, 0.4) is 0 Å². The first kappa shape index (κ1) is 19.4. The minimum absolute atomic E-state index is 0.257. The van der Waals surface area contributed by atoms with E-state index in [9.17, 15) is 13.2 Å². The molecular weight excluding hydrogens is 381 g/mol. The van der Waals surface area contributed by atoms with Crippen LogP contribution in [-0.4, -0.2) is 29.8 Å². The van der Waals surface area contributed by atoms with Crippen molar-refractivity contribution in [1.82, 2.24) is 9.88 Å². The summed E-state index contributed by atoms with van der Waals surface area (Å²) < 4.78 is 50.3. The molecule has 0 N–H and O–H groups in total. The maximum absolute atomic E-state index is 12.8. The van der Waals surface area contributed by atoms with Crippen molar-refractivity contribution in [1.29, 1.82) is 0 Å². The second-order valence-electron chi connectivity index (χ2n) is 7.23. The molecule has 4 rings (SSSR count). The lowest BCUT2D eigenvalue weighted by molar-refractivity contribution is -0.141. The van der Waals surface area contributed by atoms with Gasteiger partial charge in [0, 0.05) is 24.4 Å². The zero-order valence-electron chi connectivity index (χ0n) is 15.9. The summed E-state index contributed by atoms with van der Waals surface area (Å²) in [6, 6.07) is 9.94. The Labute approximate surface area is 167 Å². The van der Waals surface area contributed by atoms with Crippen molar-refractivity contribution in [2.45, 2.75) is 25.2 Å². The SMILES string of the molecule is CN1C=CC=C(c2ccccc2OCC2CC2)C1Oc1ccc(C(F)(F)F)nc1. The van der Waals surface area contributed by atoms with E-state index in [0.717, 1.165) is 29.1 Å². The molecule has 7 heteroatoms. The monoisotopic (exact) mass is 402 g/mol. The van der Waals surface area contributed by atoms with Crippen molar-refractivity contribution < 1.29 is 22.6 Å². The van der Waals surface area contributed by atoms with Crippen molar-refractivity contribution >= 4 is 5.57 Å². The lowest BCUT2D eigenvalue weighted by Gasteiger charge is -2.32. The van der Waals surface area contributed by atoms with Crippen molar-refractivity contribution in [2.24, 2.45) is 5.92 Å². The van der Waals surface area contributed by atoms with Gasteiger partial charge in [-0.15, -0.1) is 0 Å². The molecule has 29 heavy (non-hydrogen) atoms. The van der Waals surface area contributed by atoms with E-state index >= 15 is 0 Å². The van der Waals surface area contributed by atoms with E-state index in [1.807, 2.05) is 54.6 Å². The van der Waals surface area contributed by atoms with Crippen LogP contribution in [0.2, 0.25) is 0 Å². The van der Waals surface area contributed by atoms with Gasteiger partial charge in [-0.05, 0) is 43.0 Å². The average molecular weight is 402 g/mol. The third kappa shape index (κ3) is 4.55. The number of aromatic nitrogens is 1. The molecule has 1 saturated carbocycles. The Kier molecular flexibility index (Phi) is 5.22. The predicted octanol–water partition coefficient (Wildman–Crippen LogP) is 5.14. The Bertz CT molecular complexity index is 918. The van der Waals surface area contributed by atoms with Crippen molar-refractivity contribution in [3.63, 3.8) is 0 Å². The molecular formula is C22H21F3N2O2. The van der Waals surface area contributed by atoms with Crippen LogP contribution in [0, 0.1) is 5.92 Å². The number of pyridine rings is 1. The van der Waals surface area contributed by atoms with Crippen LogP contribution in [0.25, 0.3) is 5.57 Å². The quantitative estimate of drug-likeness (QED) is 0.670. The van der Waals surface area contributed by atoms with Crippen LogP contribution in [0.5, 0.6) is 11.5 Å². The van der Waals surface area contributed by atoms with Crippen LogP contribution in [0.15, 0.2) is 60.9 Å². The molecule has 1 aliphatic heterocycles. The Hall–Kier alpha value is -2.96. The maximum atomic E-state index is 12.8. The second kappa shape index (κ2) is 7.81. The first-order valence-corrected chi connectivity index (χ1v) is 9.44. The zero-order valence-corrected chi connectivity index (χ0v) is 15.9. The number of allylic oxidation sites excluding steroid dienone is 2. The molecule has 1 unspecified atom stereocenters. The van der Waals surface area contributed by atoms with E-state index in [-0.39, 0.29) is 5.75 Å². The largest absolute Gasteiger partial charge is 0.493 e. The highest BCUT2D eigenvalue weighted by atomic mass is 19.4. The van der Waals surface area contributed by atoms with Gasteiger partial charge in [-0.1, -0.05) is 24.3 Å². The predicted molar refractivity (Wildman–Crippen MR) is 103 cm³/mol. The van der Waals surface area contributed by atoms with Gasteiger partial charge in [0.2, 0.25) is 0 Å². The molecule has 1 aliphatic carbocycles. The van der Waals surface area contributed by atoms with Crippen LogP contribution in [0.4, 0.5) is 13.2 Å². The molecule has 1 fully saturated rings. The summed E-state index contributed by atoms with van der Waals surface area (Å²) in [6.07, 6.45) is 4.17. The van der Waals surface area contributed by atoms with Gasteiger partial charge < -0.3 is 14.4 Å². The number of para-hydroxylation sites is 1. The average Bonchev–Trinajstić information content (AvgIpc) is 3.52. The third-order valence-electron chi connectivity index (χ3n) is 4.88. The molecule has 0 saturated heterocycles. The molecule has 0 amide bonds.